The van der Waals surface area contributed by atoms with E-state index in [4.69, 9.17) is 4.74 Å². The molecule has 4 rings (SSSR count). The fourth-order valence-corrected chi connectivity index (χ4v) is 4.33. The Labute approximate surface area is 190 Å². The standard InChI is InChI=1S/C23H25N5O3S/c1-16-5-3-6-17(13-16)21-25-26-23(32-21)24-20(29)15-27-9-11-28(12-10-27)22(30)18-7-4-8-19(14-18)31-2/h3-8,13-14H,9-12,15H2,1-2H3,(H,24,26,29). The number of hydrogen-bond acceptors (Lipinski definition) is 7. The van der Waals surface area contributed by atoms with E-state index in [0.29, 0.717) is 42.6 Å². The summed E-state index contributed by atoms with van der Waals surface area (Å²) in [4.78, 5) is 29.1. The van der Waals surface area contributed by atoms with E-state index in [9.17, 15) is 9.59 Å². The van der Waals surface area contributed by atoms with Gasteiger partial charge in [0.1, 0.15) is 10.8 Å². The molecule has 1 N–H and O–H groups in total. The lowest BCUT2D eigenvalue weighted by Crippen LogP contribution is -2.50. The molecule has 0 saturated carbocycles. The predicted molar refractivity (Wildman–Crippen MR) is 124 cm³/mol. The molecule has 0 spiro atoms. The molecule has 2 heterocycles. The molecule has 1 saturated heterocycles. The Morgan fingerprint density at radius 3 is 2.59 bits per heavy atom. The fourth-order valence-electron chi connectivity index (χ4n) is 3.58. The number of anilines is 1. The van der Waals surface area contributed by atoms with Crippen molar-refractivity contribution < 1.29 is 14.3 Å². The van der Waals surface area contributed by atoms with Gasteiger partial charge in [-0.1, -0.05) is 41.2 Å². The summed E-state index contributed by atoms with van der Waals surface area (Å²) in [5.74, 6) is 0.503. The second-order valence-corrected chi connectivity index (χ2v) is 8.61. The van der Waals surface area contributed by atoms with Gasteiger partial charge >= 0.3 is 0 Å². The zero-order valence-electron chi connectivity index (χ0n) is 18.1. The highest BCUT2D eigenvalue weighted by atomic mass is 32.1. The normalized spacial score (nSPS) is 14.2. The SMILES string of the molecule is COc1cccc(C(=O)N2CCN(CC(=O)Nc3nnc(-c4cccc(C)c4)s3)CC2)c1. The molecule has 166 valence electrons. The van der Waals surface area contributed by atoms with Gasteiger partial charge in [-0.15, -0.1) is 10.2 Å². The summed E-state index contributed by atoms with van der Waals surface area (Å²) >= 11 is 1.35. The third kappa shape index (κ3) is 5.30. The number of nitrogens with one attached hydrogen (secondary N) is 1. The first-order valence-electron chi connectivity index (χ1n) is 10.4. The van der Waals surface area contributed by atoms with Crippen LogP contribution in [-0.4, -0.2) is 71.6 Å². The van der Waals surface area contributed by atoms with Crippen molar-refractivity contribution in [1.82, 2.24) is 20.0 Å². The number of rotatable bonds is 6. The van der Waals surface area contributed by atoms with Crippen LogP contribution in [0.5, 0.6) is 5.75 Å². The van der Waals surface area contributed by atoms with Crippen molar-refractivity contribution in [1.29, 1.82) is 0 Å². The van der Waals surface area contributed by atoms with E-state index in [-0.39, 0.29) is 18.4 Å². The van der Waals surface area contributed by atoms with E-state index in [0.717, 1.165) is 16.1 Å². The fraction of sp³-hybridized carbons (Fsp3) is 0.304. The largest absolute Gasteiger partial charge is 0.497 e. The maximum Gasteiger partial charge on any atom is 0.254 e. The molecule has 3 aromatic rings. The minimum absolute atomic E-state index is 0.0226. The molecule has 0 aliphatic carbocycles. The molecule has 1 aromatic heterocycles. The quantitative estimate of drug-likeness (QED) is 0.620. The van der Waals surface area contributed by atoms with Gasteiger partial charge < -0.3 is 9.64 Å². The molecule has 0 radical (unpaired) electrons. The Kier molecular flexibility index (Phi) is 6.77. The molecule has 2 amide bonds. The first-order chi connectivity index (χ1) is 15.5. The predicted octanol–water partition coefficient (Wildman–Crippen LogP) is 2.92. The minimum atomic E-state index is -0.135. The molecule has 1 aliphatic heterocycles. The third-order valence-corrected chi connectivity index (χ3v) is 6.17. The van der Waals surface area contributed by atoms with Crippen molar-refractivity contribution in [3.63, 3.8) is 0 Å². The topological polar surface area (TPSA) is 87.7 Å². The van der Waals surface area contributed by atoms with Crippen molar-refractivity contribution in [3.8, 4) is 16.3 Å². The van der Waals surface area contributed by atoms with Crippen LogP contribution < -0.4 is 10.1 Å². The number of ether oxygens (including phenoxy) is 1. The smallest absolute Gasteiger partial charge is 0.254 e. The summed E-state index contributed by atoms with van der Waals surface area (Å²) in [5, 5.41) is 12.4. The average molecular weight is 452 g/mol. The van der Waals surface area contributed by atoms with Crippen molar-refractivity contribution in [3.05, 3.63) is 59.7 Å². The Balaban J connectivity index is 1.27. The van der Waals surface area contributed by atoms with Gasteiger partial charge in [0, 0.05) is 37.3 Å². The van der Waals surface area contributed by atoms with E-state index in [1.165, 1.54) is 11.3 Å². The van der Waals surface area contributed by atoms with Crippen molar-refractivity contribution >= 4 is 28.3 Å². The highest BCUT2D eigenvalue weighted by molar-refractivity contribution is 7.18. The lowest BCUT2D eigenvalue weighted by Gasteiger charge is -2.34. The summed E-state index contributed by atoms with van der Waals surface area (Å²) in [7, 11) is 1.58. The average Bonchev–Trinajstić information content (AvgIpc) is 3.27. The summed E-state index contributed by atoms with van der Waals surface area (Å²) in [6.45, 7) is 4.68. The van der Waals surface area contributed by atoms with Crippen LogP contribution in [0.25, 0.3) is 10.6 Å². The Hall–Kier alpha value is -3.30. The molecule has 1 aliphatic rings. The van der Waals surface area contributed by atoms with E-state index in [1.54, 1.807) is 19.2 Å². The first-order valence-corrected chi connectivity index (χ1v) is 11.2. The van der Waals surface area contributed by atoms with E-state index >= 15 is 0 Å². The zero-order chi connectivity index (χ0) is 22.5. The van der Waals surface area contributed by atoms with Crippen LogP contribution in [0.15, 0.2) is 48.5 Å². The van der Waals surface area contributed by atoms with Crippen LogP contribution in [0.1, 0.15) is 15.9 Å². The summed E-state index contributed by atoms with van der Waals surface area (Å²) in [6.07, 6.45) is 0. The number of piperazine rings is 1. The second-order valence-electron chi connectivity index (χ2n) is 7.63. The third-order valence-electron chi connectivity index (χ3n) is 5.28. The number of carbonyl (C=O) groups excluding carboxylic acids is 2. The highest BCUT2D eigenvalue weighted by Crippen LogP contribution is 2.26. The van der Waals surface area contributed by atoms with Crippen molar-refractivity contribution in [2.75, 3.05) is 45.2 Å². The van der Waals surface area contributed by atoms with Crippen LogP contribution >= 0.6 is 11.3 Å². The molecule has 32 heavy (non-hydrogen) atoms. The number of amides is 2. The number of carbonyl (C=O) groups is 2. The molecule has 0 bridgehead atoms. The molecule has 8 nitrogen and oxygen atoms in total. The van der Waals surface area contributed by atoms with Crippen LogP contribution in [0.3, 0.4) is 0 Å². The maximum atomic E-state index is 12.7. The van der Waals surface area contributed by atoms with E-state index < -0.39 is 0 Å². The van der Waals surface area contributed by atoms with Crippen molar-refractivity contribution in [2.24, 2.45) is 0 Å². The van der Waals surface area contributed by atoms with Gasteiger partial charge in [0.2, 0.25) is 11.0 Å². The van der Waals surface area contributed by atoms with Gasteiger partial charge in [-0.3, -0.25) is 19.8 Å². The van der Waals surface area contributed by atoms with Crippen LogP contribution in [0.2, 0.25) is 0 Å². The van der Waals surface area contributed by atoms with E-state index in [1.807, 2.05) is 53.1 Å². The number of aromatic nitrogens is 2. The summed E-state index contributed by atoms with van der Waals surface area (Å²) in [6, 6.07) is 15.2. The molecule has 2 aromatic carbocycles. The molecule has 0 unspecified atom stereocenters. The van der Waals surface area contributed by atoms with Crippen LogP contribution in [0.4, 0.5) is 5.13 Å². The van der Waals surface area contributed by atoms with Crippen LogP contribution in [0, 0.1) is 6.92 Å². The van der Waals surface area contributed by atoms with E-state index in [2.05, 4.69) is 15.5 Å². The monoisotopic (exact) mass is 451 g/mol. The minimum Gasteiger partial charge on any atom is -0.497 e. The Morgan fingerprint density at radius 1 is 1.06 bits per heavy atom. The molecule has 1 fully saturated rings. The molecular formula is C23H25N5O3S. The van der Waals surface area contributed by atoms with Gasteiger partial charge in [0.15, 0.2) is 0 Å². The van der Waals surface area contributed by atoms with Crippen molar-refractivity contribution in [2.45, 2.75) is 6.92 Å². The number of aryl methyl sites for hydroxylation is 1. The summed E-state index contributed by atoms with van der Waals surface area (Å²) in [5.41, 5.74) is 2.74. The molecular weight excluding hydrogens is 426 g/mol. The van der Waals surface area contributed by atoms with Gasteiger partial charge in [-0.25, -0.2) is 0 Å². The number of hydrogen-bond donors (Lipinski definition) is 1. The number of benzene rings is 2. The van der Waals surface area contributed by atoms with Crippen LogP contribution in [-0.2, 0) is 4.79 Å². The molecule has 9 heteroatoms. The molecule has 0 atom stereocenters. The highest BCUT2D eigenvalue weighted by Gasteiger charge is 2.24. The first kappa shape index (κ1) is 21.9. The lowest BCUT2D eigenvalue weighted by molar-refractivity contribution is -0.117. The Bertz CT molecular complexity index is 1110. The Morgan fingerprint density at radius 2 is 1.84 bits per heavy atom. The maximum absolute atomic E-state index is 12.7. The second kappa shape index (κ2) is 9.88. The van der Waals surface area contributed by atoms with Gasteiger partial charge in [-0.2, -0.15) is 0 Å². The lowest BCUT2D eigenvalue weighted by atomic mass is 10.1. The zero-order valence-corrected chi connectivity index (χ0v) is 18.9. The van der Waals surface area contributed by atoms with Gasteiger partial charge in [0.05, 0.1) is 13.7 Å². The number of methoxy groups -OCH3 is 1. The van der Waals surface area contributed by atoms with Gasteiger partial charge in [-0.05, 0) is 31.2 Å². The number of nitrogens with zero attached hydrogens (tertiary/aromatic N) is 4. The van der Waals surface area contributed by atoms with Gasteiger partial charge in [0.25, 0.3) is 5.91 Å². The summed E-state index contributed by atoms with van der Waals surface area (Å²) < 4.78 is 5.20.